The number of hydrogen-bond acceptors (Lipinski definition) is 8. The van der Waals surface area contributed by atoms with Gasteiger partial charge in [0.1, 0.15) is 6.61 Å². The molecule has 0 saturated carbocycles. The molecular weight excluding hydrogens is 737 g/mol. The van der Waals surface area contributed by atoms with Crippen LogP contribution >= 0.6 is 7.82 Å². The molecule has 2 unspecified atom stereocenters. The van der Waals surface area contributed by atoms with Crippen LogP contribution < -0.4 is 5.73 Å². The topological polar surface area (TPSA) is 134 Å². The van der Waals surface area contributed by atoms with Gasteiger partial charge in [-0.15, -0.1) is 0 Å². The lowest BCUT2D eigenvalue weighted by molar-refractivity contribution is -0.161. The minimum atomic E-state index is -4.39. The van der Waals surface area contributed by atoms with Gasteiger partial charge in [-0.3, -0.25) is 18.6 Å². The van der Waals surface area contributed by atoms with E-state index in [1.165, 1.54) is 25.7 Å². The van der Waals surface area contributed by atoms with E-state index in [9.17, 15) is 19.0 Å². The summed E-state index contributed by atoms with van der Waals surface area (Å²) < 4.78 is 32.8. The molecule has 0 radical (unpaired) electrons. The summed E-state index contributed by atoms with van der Waals surface area (Å²) in [6.45, 7) is 3.53. The highest BCUT2D eigenvalue weighted by Crippen LogP contribution is 2.43. The number of ether oxygens (including phenoxy) is 2. The van der Waals surface area contributed by atoms with Gasteiger partial charge in [0.05, 0.1) is 13.2 Å². The number of carbonyl (C=O) groups is 2. The van der Waals surface area contributed by atoms with Gasteiger partial charge in [-0.05, 0) is 89.9 Å². The summed E-state index contributed by atoms with van der Waals surface area (Å²) >= 11 is 0. The molecule has 0 fully saturated rings. The van der Waals surface area contributed by atoms with Crippen molar-refractivity contribution in [3.05, 3.63) is 85.1 Å². The molecule has 10 heteroatoms. The van der Waals surface area contributed by atoms with Gasteiger partial charge in [-0.1, -0.05) is 150 Å². The molecule has 57 heavy (non-hydrogen) atoms. The van der Waals surface area contributed by atoms with E-state index in [1.54, 1.807) is 0 Å². The summed E-state index contributed by atoms with van der Waals surface area (Å²) in [5.74, 6) is -0.879. The van der Waals surface area contributed by atoms with Gasteiger partial charge in [0.15, 0.2) is 6.10 Å². The summed E-state index contributed by atoms with van der Waals surface area (Å²) in [6, 6.07) is 0. The van der Waals surface area contributed by atoms with Gasteiger partial charge in [-0.2, -0.15) is 0 Å². The third-order valence-corrected chi connectivity index (χ3v) is 9.75. The maximum Gasteiger partial charge on any atom is 0.472 e. The van der Waals surface area contributed by atoms with E-state index in [0.29, 0.717) is 12.8 Å². The summed E-state index contributed by atoms with van der Waals surface area (Å²) in [4.78, 5) is 34.9. The van der Waals surface area contributed by atoms with Crippen LogP contribution in [-0.2, 0) is 32.7 Å². The van der Waals surface area contributed by atoms with Gasteiger partial charge in [-0.25, -0.2) is 4.57 Å². The Labute approximate surface area is 347 Å². The van der Waals surface area contributed by atoms with E-state index in [-0.39, 0.29) is 32.6 Å². The van der Waals surface area contributed by atoms with Crippen molar-refractivity contribution < 1.29 is 37.6 Å². The van der Waals surface area contributed by atoms with Crippen molar-refractivity contribution in [1.29, 1.82) is 0 Å². The van der Waals surface area contributed by atoms with E-state index in [4.69, 9.17) is 24.3 Å². The number of nitrogens with two attached hydrogens (primary N) is 1. The number of rotatable bonds is 40. The summed E-state index contributed by atoms with van der Waals surface area (Å²) in [6.07, 6.45) is 53.2. The van der Waals surface area contributed by atoms with Crippen LogP contribution in [0.15, 0.2) is 85.1 Å². The molecule has 326 valence electrons. The number of allylic oxidation sites excluding steroid dienone is 14. The first-order chi connectivity index (χ1) is 27.8. The molecule has 0 rings (SSSR count). The zero-order valence-electron chi connectivity index (χ0n) is 35.8. The first kappa shape index (κ1) is 54.2. The molecule has 0 aliphatic carbocycles. The van der Waals surface area contributed by atoms with Gasteiger partial charge in [0.25, 0.3) is 0 Å². The van der Waals surface area contributed by atoms with Gasteiger partial charge >= 0.3 is 19.8 Å². The standard InChI is InChI=1S/C47H80NO8P/c1-3-5-7-9-11-13-15-17-19-21-22-24-25-27-29-31-33-35-37-39-46(49)53-43-45(44-55-57(51,52)54-42-41-48)56-47(50)40-38-36-34-32-30-28-26-23-20-18-16-14-12-10-8-6-4-2/h6,8,11-14,17-20,22,24,26,28,45H,3-5,7,9-10,15-16,21,23,25,27,29-44,48H2,1-2H3,(H,51,52)/b8-6-,13-11-,14-12-,19-17-,20-18-,24-22-,28-26-. The molecular formula is C47H80NO8P. The second-order valence-corrected chi connectivity index (χ2v) is 15.6. The van der Waals surface area contributed by atoms with Crippen LogP contribution in [-0.4, -0.2) is 49.3 Å². The first-order valence-electron chi connectivity index (χ1n) is 22.1. The molecule has 3 N–H and O–H groups in total. The smallest absolute Gasteiger partial charge is 0.462 e. The van der Waals surface area contributed by atoms with E-state index in [0.717, 1.165) is 103 Å². The lowest BCUT2D eigenvalue weighted by atomic mass is 10.1. The molecule has 2 atom stereocenters. The maximum atomic E-state index is 12.6. The number of hydrogen-bond donors (Lipinski definition) is 2. The number of unbranched alkanes of at least 4 members (excludes halogenated alkanes) is 13. The molecule has 0 amide bonds. The van der Waals surface area contributed by atoms with Crippen molar-refractivity contribution in [2.45, 2.75) is 174 Å². The SMILES string of the molecule is CC/C=C\C/C=C\C/C=C\C/C=C\CCCCCCC(=O)OC(COC(=O)CCCCCCCC/C=C\C/C=C\C/C=C\CCCCC)COP(=O)(O)OCCN. The van der Waals surface area contributed by atoms with Crippen LogP contribution in [0.25, 0.3) is 0 Å². The number of esters is 2. The number of phosphoric acid groups is 1. The number of phosphoric ester groups is 1. The Morgan fingerprint density at radius 2 is 0.965 bits per heavy atom. The Hall–Kier alpha value is -2.81. The summed E-state index contributed by atoms with van der Waals surface area (Å²) in [7, 11) is -4.39. The Bertz CT molecular complexity index is 1210. The van der Waals surface area contributed by atoms with Crippen molar-refractivity contribution >= 4 is 19.8 Å². The van der Waals surface area contributed by atoms with E-state index in [1.807, 2.05) is 0 Å². The Balaban J connectivity index is 4.23. The second-order valence-electron chi connectivity index (χ2n) is 14.2. The highest BCUT2D eigenvalue weighted by Gasteiger charge is 2.26. The van der Waals surface area contributed by atoms with Crippen molar-refractivity contribution in [2.24, 2.45) is 5.73 Å². The second kappa shape index (κ2) is 42.8. The first-order valence-corrected chi connectivity index (χ1v) is 23.6. The molecule has 9 nitrogen and oxygen atoms in total. The minimum Gasteiger partial charge on any atom is -0.462 e. The average molecular weight is 818 g/mol. The molecule has 0 aromatic rings. The van der Waals surface area contributed by atoms with Crippen LogP contribution in [0, 0.1) is 0 Å². The highest BCUT2D eigenvalue weighted by molar-refractivity contribution is 7.47. The molecule has 0 aliphatic rings. The van der Waals surface area contributed by atoms with Crippen LogP contribution in [0.4, 0.5) is 0 Å². The van der Waals surface area contributed by atoms with Crippen molar-refractivity contribution in [1.82, 2.24) is 0 Å². The van der Waals surface area contributed by atoms with E-state index < -0.39 is 32.5 Å². The molecule has 0 heterocycles. The van der Waals surface area contributed by atoms with Crippen LogP contribution in [0.2, 0.25) is 0 Å². The molecule has 0 saturated heterocycles. The Kier molecular flexibility index (Phi) is 40.7. The van der Waals surface area contributed by atoms with Crippen molar-refractivity contribution in [3.8, 4) is 0 Å². The molecule has 0 aromatic heterocycles. The fraction of sp³-hybridized carbons (Fsp3) is 0.660. The summed E-state index contributed by atoms with van der Waals surface area (Å²) in [5, 5.41) is 0. The zero-order valence-corrected chi connectivity index (χ0v) is 36.7. The summed E-state index contributed by atoms with van der Waals surface area (Å²) in [5.41, 5.74) is 5.35. The predicted octanol–water partition coefficient (Wildman–Crippen LogP) is 12.8. The number of carbonyl (C=O) groups excluding carboxylic acids is 2. The predicted molar refractivity (Wildman–Crippen MR) is 238 cm³/mol. The lowest BCUT2D eigenvalue weighted by Gasteiger charge is -2.19. The normalized spacial score (nSPS) is 14.1. The fourth-order valence-electron chi connectivity index (χ4n) is 5.51. The van der Waals surface area contributed by atoms with Crippen LogP contribution in [0.5, 0.6) is 0 Å². The fourth-order valence-corrected chi connectivity index (χ4v) is 6.28. The third-order valence-electron chi connectivity index (χ3n) is 8.77. The van der Waals surface area contributed by atoms with Crippen molar-refractivity contribution in [2.75, 3.05) is 26.4 Å². The maximum absolute atomic E-state index is 12.6. The van der Waals surface area contributed by atoms with Crippen LogP contribution in [0.3, 0.4) is 0 Å². The van der Waals surface area contributed by atoms with Crippen molar-refractivity contribution in [3.63, 3.8) is 0 Å². The Morgan fingerprint density at radius 1 is 0.544 bits per heavy atom. The zero-order chi connectivity index (χ0) is 41.8. The quantitative estimate of drug-likeness (QED) is 0.0268. The Morgan fingerprint density at radius 3 is 1.44 bits per heavy atom. The molecule has 0 aromatic carbocycles. The average Bonchev–Trinajstić information content (AvgIpc) is 3.20. The van der Waals surface area contributed by atoms with Gasteiger partial charge in [0.2, 0.25) is 0 Å². The van der Waals surface area contributed by atoms with Crippen LogP contribution in [0.1, 0.15) is 168 Å². The van der Waals surface area contributed by atoms with E-state index >= 15 is 0 Å². The van der Waals surface area contributed by atoms with E-state index in [2.05, 4.69) is 98.9 Å². The highest BCUT2D eigenvalue weighted by atomic mass is 31.2. The lowest BCUT2D eigenvalue weighted by Crippen LogP contribution is -2.29. The third kappa shape index (κ3) is 42.6. The molecule has 0 bridgehead atoms. The minimum absolute atomic E-state index is 0.0423. The van der Waals surface area contributed by atoms with Gasteiger partial charge < -0.3 is 20.1 Å². The molecule has 0 spiro atoms. The van der Waals surface area contributed by atoms with Gasteiger partial charge in [0, 0.05) is 19.4 Å². The largest absolute Gasteiger partial charge is 0.472 e. The monoisotopic (exact) mass is 818 g/mol. The molecule has 0 aliphatic heterocycles.